The third-order valence-electron chi connectivity index (χ3n) is 6.41. The number of likely N-dealkylation sites (N-methyl/N-ethyl adjacent to an activating group) is 1. The number of aliphatic hydroxyl groups is 1. The minimum Gasteiger partial charge on any atom is -0.507 e. The Morgan fingerprint density at radius 3 is 2.49 bits per heavy atom. The van der Waals surface area contributed by atoms with Gasteiger partial charge in [-0.25, -0.2) is 4.79 Å². The number of ketones is 1. The predicted molar refractivity (Wildman–Crippen MR) is 134 cm³/mol. The van der Waals surface area contributed by atoms with E-state index >= 15 is 0 Å². The van der Waals surface area contributed by atoms with Crippen LogP contribution in [0.5, 0.6) is 0 Å². The predicted octanol–water partition coefficient (Wildman–Crippen LogP) is 4.23. The summed E-state index contributed by atoms with van der Waals surface area (Å²) in [6.07, 6.45) is 0. The lowest BCUT2D eigenvalue weighted by molar-refractivity contribution is -0.140. The monoisotopic (exact) mass is 501 g/mol. The van der Waals surface area contributed by atoms with Gasteiger partial charge >= 0.3 is 5.97 Å². The molecule has 0 spiro atoms. The molecular formula is C26H32ClN3O5. The molecule has 0 saturated carbocycles. The number of esters is 1. The van der Waals surface area contributed by atoms with Gasteiger partial charge in [0.1, 0.15) is 11.5 Å². The number of benzene rings is 1. The fourth-order valence-electron chi connectivity index (χ4n) is 4.57. The zero-order valence-electron chi connectivity index (χ0n) is 20.8. The number of aromatic amines is 1. The molecule has 1 atom stereocenters. The average molecular weight is 502 g/mol. The molecule has 0 bridgehead atoms. The topological polar surface area (TPSA) is 103 Å². The van der Waals surface area contributed by atoms with Crippen LogP contribution < -0.4 is 0 Å². The van der Waals surface area contributed by atoms with Crippen LogP contribution in [0.3, 0.4) is 0 Å². The molecule has 1 saturated heterocycles. The van der Waals surface area contributed by atoms with E-state index in [-0.39, 0.29) is 23.6 Å². The number of hydrogen-bond donors (Lipinski definition) is 2. The fraction of sp³-hybridized carbons (Fsp3) is 0.423. The molecule has 35 heavy (non-hydrogen) atoms. The van der Waals surface area contributed by atoms with Crippen molar-refractivity contribution in [3.8, 4) is 0 Å². The van der Waals surface area contributed by atoms with Crippen molar-refractivity contribution in [1.82, 2.24) is 14.8 Å². The number of amides is 1. The van der Waals surface area contributed by atoms with E-state index in [1.54, 1.807) is 45.0 Å². The number of aryl methyl sites for hydroxylation is 1. The van der Waals surface area contributed by atoms with Crippen molar-refractivity contribution in [2.24, 2.45) is 0 Å². The number of nitrogens with zero attached hydrogens (tertiary/aromatic N) is 2. The molecule has 3 rings (SSSR count). The second-order valence-electron chi connectivity index (χ2n) is 8.42. The highest BCUT2D eigenvalue weighted by Crippen LogP contribution is 2.41. The molecule has 2 heterocycles. The van der Waals surface area contributed by atoms with Crippen LogP contribution in [-0.2, 0) is 14.3 Å². The van der Waals surface area contributed by atoms with E-state index in [2.05, 4.69) is 9.88 Å². The third-order valence-corrected chi connectivity index (χ3v) is 6.64. The van der Waals surface area contributed by atoms with Crippen LogP contribution in [-0.4, -0.2) is 70.3 Å². The lowest BCUT2D eigenvalue weighted by Gasteiger charge is -2.28. The number of likely N-dealkylation sites (tertiary alicyclic amines) is 1. The number of carbonyl (C=O) groups is 3. The van der Waals surface area contributed by atoms with Crippen molar-refractivity contribution in [2.45, 2.75) is 40.7 Å². The SMILES string of the molecule is CCOC(=O)c1[nH]c(C)c(C(O)=C2C(=O)C(=O)N(CCN(CC)CC)C2c2cccc(Cl)c2)c1C. The fourth-order valence-corrected chi connectivity index (χ4v) is 4.77. The molecule has 1 aliphatic heterocycles. The van der Waals surface area contributed by atoms with E-state index in [0.717, 1.165) is 13.1 Å². The molecule has 2 aromatic rings. The largest absolute Gasteiger partial charge is 0.507 e. The Hall–Kier alpha value is -3.10. The van der Waals surface area contributed by atoms with Gasteiger partial charge in [-0.15, -0.1) is 0 Å². The van der Waals surface area contributed by atoms with Crippen molar-refractivity contribution >= 4 is 35.0 Å². The van der Waals surface area contributed by atoms with Gasteiger partial charge in [0.2, 0.25) is 0 Å². The molecule has 188 valence electrons. The van der Waals surface area contributed by atoms with Gasteiger partial charge in [-0.2, -0.15) is 0 Å². The highest BCUT2D eigenvalue weighted by molar-refractivity contribution is 6.46. The number of aliphatic hydroxyl groups excluding tert-OH is 1. The molecule has 2 N–H and O–H groups in total. The Kier molecular flexibility index (Phi) is 8.40. The maximum atomic E-state index is 13.3. The van der Waals surface area contributed by atoms with Crippen LogP contribution in [0.4, 0.5) is 0 Å². The molecule has 1 fully saturated rings. The molecule has 1 aromatic carbocycles. The van der Waals surface area contributed by atoms with Crippen molar-refractivity contribution < 1.29 is 24.2 Å². The maximum Gasteiger partial charge on any atom is 0.355 e. The van der Waals surface area contributed by atoms with Gasteiger partial charge in [-0.1, -0.05) is 37.6 Å². The first-order valence-corrected chi connectivity index (χ1v) is 12.2. The number of rotatable bonds is 9. The molecule has 0 aliphatic carbocycles. The normalized spacial score (nSPS) is 17.5. The van der Waals surface area contributed by atoms with Gasteiger partial charge in [-0.05, 0) is 57.1 Å². The van der Waals surface area contributed by atoms with Gasteiger partial charge in [0.05, 0.1) is 18.2 Å². The van der Waals surface area contributed by atoms with Gasteiger partial charge < -0.3 is 24.6 Å². The summed E-state index contributed by atoms with van der Waals surface area (Å²) in [7, 11) is 0. The average Bonchev–Trinajstić information content (AvgIpc) is 3.26. The van der Waals surface area contributed by atoms with Crippen molar-refractivity contribution in [3.05, 3.63) is 62.9 Å². The summed E-state index contributed by atoms with van der Waals surface area (Å²) < 4.78 is 5.10. The smallest absolute Gasteiger partial charge is 0.355 e. The van der Waals surface area contributed by atoms with Crippen LogP contribution in [0.25, 0.3) is 5.76 Å². The lowest BCUT2D eigenvalue weighted by atomic mass is 9.94. The molecule has 8 nitrogen and oxygen atoms in total. The van der Waals surface area contributed by atoms with Crippen LogP contribution in [0.1, 0.15) is 59.7 Å². The van der Waals surface area contributed by atoms with E-state index < -0.39 is 23.7 Å². The van der Waals surface area contributed by atoms with E-state index in [0.29, 0.717) is 40.5 Å². The number of ether oxygens (including phenoxy) is 1. The van der Waals surface area contributed by atoms with Gasteiger partial charge in [-0.3, -0.25) is 9.59 Å². The number of H-pyrrole nitrogens is 1. The number of nitrogens with one attached hydrogen (secondary N) is 1. The van der Waals surface area contributed by atoms with Gasteiger partial charge in [0.15, 0.2) is 0 Å². The minimum atomic E-state index is -0.816. The first-order valence-electron chi connectivity index (χ1n) is 11.8. The zero-order valence-corrected chi connectivity index (χ0v) is 21.5. The second kappa shape index (κ2) is 11.1. The van der Waals surface area contributed by atoms with Crippen LogP contribution in [0.15, 0.2) is 29.8 Å². The minimum absolute atomic E-state index is 0.0302. The third kappa shape index (κ3) is 5.13. The van der Waals surface area contributed by atoms with Crippen LogP contribution in [0, 0.1) is 13.8 Å². The Bertz CT molecular complexity index is 1170. The quantitative estimate of drug-likeness (QED) is 0.231. The molecule has 1 aliphatic rings. The first-order chi connectivity index (χ1) is 16.7. The Morgan fingerprint density at radius 2 is 1.89 bits per heavy atom. The van der Waals surface area contributed by atoms with E-state index in [4.69, 9.17) is 16.3 Å². The van der Waals surface area contributed by atoms with E-state index in [9.17, 15) is 19.5 Å². The summed E-state index contributed by atoms with van der Waals surface area (Å²) in [6, 6.07) is 6.11. The van der Waals surface area contributed by atoms with Crippen molar-refractivity contribution in [3.63, 3.8) is 0 Å². The Balaban J connectivity index is 2.17. The maximum absolute atomic E-state index is 13.3. The summed E-state index contributed by atoms with van der Waals surface area (Å²) in [6.45, 7) is 11.8. The van der Waals surface area contributed by atoms with Crippen molar-refractivity contribution in [1.29, 1.82) is 0 Å². The standard InChI is InChI=1S/C26H32ClN3O5/c1-6-29(7-2)12-13-30-22(17-10-9-11-18(27)14-17)20(24(32)25(30)33)23(31)19-15(4)21(28-16(19)5)26(34)35-8-3/h9-11,14,22,28,31H,6-8,12-13H2,1-5H3. The number of carbonyl (C=O) groups excluding carboxylic acids is 3. The second-order valence-corrected chi connectivity index (χ2v) is 8.86. The summed E-state index contributed by atoms with van der Waals surface area (Å²) in [4.78, 5) is 45.4. The molecule has 0 radical (unpaired) electrons. The first kappa shape index (κ1) is 26.5. The highest BCUT2D eigenvalue weighted by Gasteiger charge is 2.46. The Morgan fingerprint density at radius 1 is 1.20 bits per heavy atom. The molecule has 1 amide bonds. The number of halogens is 1. The highest BCUT2D eigenvalue weighted by atomic mass is 35.5. The van der Waals surface area contributed by atoms with Crippen molar-refractivity contribution in [2.75, 3.05) is 32.8 Å². The van der Waals surface area contributed by atoms with Gasteiger partial charge in [0, 0.05) is 29.4 Å². The number of hydrogen-bond acceptors (Lipinski definition) is 6. The Labute approximate surface area is 210 Å². The molecule has 1 unspecified atom stereocenters. The summed E-state index contributed by atoms with van der Waals surface area (Å²) in [5.74, 6) is -2.34. The summed E-state index contributed by atoms with van der Waals surface area (Å²) in [5, 5.41) is 11.9. The summed E-state index contributed by atoms with van der Waals surface area (Å²) >= 11 is 6.25. The van der Waals surface area contributed by atoms with Crippen LogP contribution in [0.2, 0.25) is 5.02 Å². The lowest BCUT2D eigenvalue weighted by Crippen LogP contribution is -2.38. The van der Waals surface area contributed by atoms with Gasteiger partial charge in [0.25, 0.3) is 11.7 Å². The van der Waals surface area contributed by atoms with E-state index in [1.807, 2.05) is 13.8 Å². The number of Topliss-reactive ketones (excluding diaryl/α,β-unsaturated/α-hetero) is 1. The summed E-state index contributed by atoms with van der Waals surface area (Å²) in [5.41, 5.74) is 2.02. The van der Waals surface area contributed by atoms with Crippen LogP contribution >= 0.6 is 11.6 Å². The molecule has 9 heteroatoms. The molecule has 1 aromatic heterocycles. The number of aromatic nitrogens is 1. The zero-order chi connectivity index (χ0) is 25.9. The molecular weight excluding hydrogens is 470 g/mol. The van der Waals surface area contributed by atoms with E-state index in [1.165, 1.54) is 4.90 Å².